The van der Waals surface area contributed by atoms with Crippen LogP contribution in [0.25, 0.3) is 0 Å². The fourth-order valence-corrected chi connectivity index (χ4v) is 1.11. The summed E-state index contributed by atoms with van der Waals surface area (Å²) in [4.78, 5) is 25.4. The van der Waals surface area contributed by atoms with Crippen LogP contribution in [0.5, 0.6) is 0 Å². The quantitative estimate of drug-likeness (QED) is 0.188. The molecule has 0 saturated carbocycles. The van der Waals surface area contributed by atoms with Gasteiger partial charge in [-0.3, -0.25) is 4.79 Å². The molecule has 98 valence electrons. The minimum atomic E-state index is -0.934. The number of nitrogens with one attached hydrogen (secondary N) is 1. The average molecular weight is 248 g/mol. The molecule has 1 atom stereocenters. The summed E-state index contributed by atoms with van der Waals surface area (Å²) in [5.41, 5.74) is 0. The van der Waals surface area contributed by atoms with E-state index >= 15 is 0 Å². The van der Waals surface area contributed by atoms with Gasteiger partial charge in [-0.1, -0.05) is 13.8 Å². The summed E-state index contributed by atoms with van der Waals surface area (Å²) in [6.07, 6.45) is 0. The van der Waals surface area contributed by atoms with Gasteiger partial charge in [0.25, 0.3) is 5.09 Å². The zero-order chi connectivity index (χ0) is 13.3. The fourth-order valence-electron chi connectivity index (χ4n) is 1.11. The minimum Gasteiger partial charge on any atom is -0.462 e. The van der Waals surface area contributed by atoms with Crippen molar-refractivity contribution in [1.82, 2.24) is 5.23 Å². The van der Waals surface area contributed by atoms with E-state index in [0.717, 1.165) is 0 Å². The molecule has 0 rings (SSSR count). The van der Waals surface area contributed by atoms with Crippen molar-refractivity contribution in [1.29, 1.82) is 0 Å². The van der Waals surface area contributed by atoms with E-state index < -0.39 is 17.1 Å². The second-order valence-electron chi connectivity index (χ2n) is 3.58. The van der Waals surface area contributed by atoms with Crippen LogP contribution in [-0.4, -0.2) is 45.0 Å². The maximum atomic E-state index is 11.6. The zero-order valence-electron chi connectivity index (χ0n) is 10.2. The highest BCUT2D eigenvalue weighted by Gasteiger charge is 2.23. The van der Waals surface area contributed by atoms with E-state index in [0.29, 0.717) is 0 Å². The van der Waals surface area contributed by atoms with Gasteiger partial charge in [-0.15, -0.1) is 10.1 Å². The SMILES string of the molecule is COBNC(C(=O)OCCO[N+](=O)[O-])C(C)C. The number of ether oxygens (including phenoxy) is 1. The molecule has 0 aliphatic rings. The molecule has 0 aromatic rings. The Hall–Kier alpha value is -1.35. The van der Waals surface area contributed by atoms with Crippen LogP contribution < -0.4 is 5.23 Å². The third-order valence-corrected chi connectivity index (χ3v) is 1.89. The molecule has 0 aromatic heterocycles. The van der Waals surface area contributed by atoms with Crippen LogP contribution in [-0.2, 0) is 19.0 Å². The Morgan fingerprint density at radius 2 is 2.12 bits per heavy atom. The Kier molecular flexibility index (Phi) is 8.07. The van der Waals surface area contributed by atoms with Gasteiger partial charge in [0.15, 0.2) is 0 Å². The first-order chi connectivity index (χ1) is 7.99. The summed E-state index contributed by atoms with van der Waals surface area (Å²) in [6.45, 7) is 3.27. The van der Waals surface area contributed by atoms with Crippen LogP contribution in [0.1, 0.15) is 13.8 Å². The first-order valence-corrected chi connectivity index (χ1v) is 5.15. The zero-order valence-corrected chi connectivity index (χ0v) is 10.2. The van der Waals surface area contributed by atoms with Crippen LogP contribution in [0.2, 0.25) is 0 Å². The van der Waals surface area contributed by atoms with Gasteiger partial charge in [0.2, 0.25) is 0 Å². The molecule has 0 spiro atoms. The summed E-state index contributed by atoms with van der Waals surface area (Å²) in [6, 6.07) is -0.509. The van der Waals surface area contributed by atoms with Crippen molar-refractivity contribution in [3.8, 4) is 0 Å². The number of nitrogens with zero attached hydrogens (tertiary/aromatic N) is 1. The Morgan fingerprint density at radius 1 is 1.47 bits per heavy atom. The van der Waals surface area contributed by atoms with E-state index in [1.54, 1.807) is 0 Å². The second kappa shape index (κ2) is 8.77. The van der Waals surface area contributed by atoms with E-state index in [1.165, 1.54) is 7.11 Å². The number of carbonyl (C=O) groups is 1. The average Bonchev–Trinajstić information content (AvgIpc) is 2.24. The standard InChI is InChI=1S/C8H17BN2O6/c1-6(2)7(10-9-15-3)8(12)16-4-5-17-11(13)14/h6-7,9-10H,4-5H2,1-3H3. The van der Waals surface area contributed by atoms with Gasteiger partial charge in [0, 0.05) is 7.11 Å². The molecular weight excluding hydrogens is 231 g/mol. The maximum Gasteiger partial charge on any atom is 0.361 e. The Bertz CT molecular complexity index is 250. The molecule has 0 aliphatic heterocycles. The summed E-state index contributed by atoms with van der Waals surface area (Å²) in [5.74, 6) is -0.460. The van der Waals surface area contributed by atoms with Crippen molar-refractivity contribution in [3.63, 3.8) is 0 Å². The third kappa shape index (κ3) is 7.53. The monoisotopic (exact) mass is 248 g/mol. The molecule has 9 heteroatoms. The van der Waals surface area contributed by atoms with E-state index in [9.17, 15) is 14.9 Å². The minimum absolute atomic E-state index is 0.0223. The lowest BCUT2D eigenvalue weighted by Gasteiger charge is -2.19. The van der Waals surface area contributed by atoms with Crippen molar-refractivity contribution < 1.29 is 24.1 Å². The van der Waals surface area contributed by atoms with Crippen molar-refractivity contribution >= 4 is 13.6 Å². The largest absolute Gasteiger partial charge is 0.462 e. The topological polar surface area (TPSA) is 99.9 Å². The van der Waals surface area contributed by atoms with Crippen LogP contribution >= 0.6 is 0 Å². The number of hydrogen-bond acceptors (Lipinski definition) is 7. The normalized spacial score (nSPS) is 12.0. The molecule has 0 aromatic carbocycles. The van der Waals surface area contributed by atoms with Crippen molar-refractivity contribution in [3.05, 3.63) is 10.1 Å². The van der Waals surface area contributed by atoms with E-state index in [1.807, 2.05) is 13.8 Å². The molecular formula is C8H17BN2O6. The first-order valence-electron chi connectivity index (χ1n) is 5.15. The molecule has 17 heavy (non-hydrogen) atoms. The van der Waals surface area contributed by atoms with Gasteiger partial charge in [-0.05, 0) is 5.92 Å². The predicted octanol–water partition coefficient (Wildman–Crippen LogP) is -0.735. The smallest absolute Gasteiger partial charge is 0.361 e. The molecule has 0 radical (unpaired) electrons. The Morgan fingerprint density at radius 3 is 2.59 bits per heavy atom. The predicted molar refractivity (Wildman–Crippen MR) is 59.8 cm³/mol. The van der Waals surface area contributed by atoms with E-state index in [4.69, 9.17) is 9.39 Å². The van der Waals surface area contributed by atoms with Gasteiger partial charge in [-0.25, -0.2) is 0 Å². The highest BCUT2D eigenvalue weighted by Crippen LogP contribution is 2.03. The molecule has 0 bridgehead atoms. The van der Waals surface area contributed by atoms with Gasteiger partial charge in [0.1, 0.15) is 19.3 Å². The lowest BCUT2D eigenvalue weighted by Crippen LogP contribution is -2.44. The van der Waals surface area contributed by atoms with E-state index in [-0.39, 0.29) is 26.7 Å². The van der Waals surface area contributed by atoms with Gasteiger partial charge in [0.05, 0.1) is 0 Å². The molecule has 1 unspecified atom stereocenters. The Labute approximate surface area is 100.0 Å². The fraction of sp³-hybridized carbons (Fsp3) is 0.875. The molecule has 0 heterocycles. The Balaban J connectivity index is 3.93. The van der Waals surface area contributed by atoms with Crippen LogP contribution in [0.15, 0.2) is 0 Å². The van der Waals surface area contributed by atoms with Crippen molar-refractivity contribution in [2.75, 3.05) is 20.3 Å². The number of hydrogen-bond donors (Lipinski definition) is 1. The summed E-state index contributed by atoms with van der Waals surface area (Å²) in [7, 11) is 1.73. The second-order valence-corrected chi connectivity index (χ2v) is 3.58. The first kappa shape index (κ1) is 15.7. The van der Waals surface area contributed by atoms with Crippen molar-refractivity contribution in [2.45, 2.75) is 19.9 Å². The lowest BCUT2D eigenvalue weighted by atomic mass is 10.0. The lowest BCUT2D eigenvalue weighted by molar-refractivity contribution is -0.757. The maximum absolute atomic E-state index is 11.6. The van der Waals surface area contributed by atoms with Crippen molar-refractivity contribution in [2.24, 2.45) is 5.92 Å². The summed E-state index contributed by atoms with van der Waals surface area (Å²) >= 11 is 0. The third-order valence-electron chi connectivity index (χ3n) is 1.89. The van der Waals surface area contributed by atoms with Crippen LogP contribution in [0.3, 0.4) is 0 Å². The van der Waals surface area contributed by atoms with Crippen LogP contribution in [0.4, 0.5) is 0 Å². The highest BCUT2D eigenvalue weighted by molar-refractivity contribution is 6.24. The van der Waals surface area contributed by atoms with Gasteiger partial charge < -0.3 is 19.5 Å². The molecule has 8 nitrogen and oxygen atoms in total. The van der Waals surface area contributed by atoms with Gasteiger partial charge >= 0.3 is 13.6 Å². The molecule has 0 saturated heterocycles. The summed E-state index contributed by atoms with van der Waals surface area (Å²) in [5, 5.41) is 11.8. The molecule has 0 fully saturated rings. The van der Waals surface area contributed by atoms with Gasteiger partial charge in [-0.2, -0.15) is 0 Å². The molecule has 0 amide bonds. The highest BCUT2D eigenvalue weighted by atomic mass is 17.0. The summed E-state index contributed by atoms with van der Waals surface area (Å²) < 4.78 is 9.62. The van der Waals surface area contributed by atoms with E-state index in [2.05, 4.69) is 10.1 Å². The molecule has 1 N–H and O–H groups in total. The number of rotatable bonds is 9. The number of carbonyl (C=O) groups excluding carboxylic acids is 1. The number of esters is 1. The van der Waals surface area contributed by atoms with Crippen LogP contribution in [0, 0.1) is 16.0 Å². The molecule has 0 aliphatic carbocycles.